The Labute approximate surface area is 223 Å². The largest absolute Gasteiger partial charge is 0.454 e. The molecule has 0 saturated carbocycles. The summed E-state index contributed by atoms with van der Waals surface area (Å²) in [6.45, 7) is 0.274. The van der Waals surface area contributed by atoms with E-state index in [-0.39, 0.29) is 12.6 Å². The average Bonchev–Trinajstić information content (AvgIpc) is 3.74. The molecule has 0 radical (unpaired) electrons. The summed E-state index contributed by atoms with van der Waals surface area (Å²) in [4.78, 5) is 8.04. The van der Waals surface area contributed by atoms with Crippen molar-refractivity contribution in [1.82, 2.24) is 29.9 Å². The molecule has 7 rings (SSSR count). The molecule has 6 aromatic rings. The Morgan fingerprint density at radius 3 is 2.18 bits per heavy atom. The summed E-state index contributed by atoms with van der Waals surface area (Å²) in [5.41, 5.74) is 7.50. The molecule has 0 saturated heterocycles. The smallest absolute Gasteiger partial charge is 0.231 e. The van der Waals surface area contributed by atoms with Gasteiger partial charge in [-0.15, -0.1) is 0 Å². The summed E-state index contributed by atoms with van der Waals surface area (Å²) in [5.74, 6) is 1.27. The van der Waals surface area contributed by atoms with Crippen molar-refractivity contribution in [3.8, 4) is 56.3 Å². The minimum atomic E-state index is -0.260. The Morgan fingerprint density at radius 1 is 0.744 bits per heavy atom. The van der Waals surface area contributed by atoms with Crippen LogP contribution >= 0.6 is 0 Å². The van der Waals surface area contributed by atoms with E-state index in [1.54, 1.807) is 35.5 Å². The first-order valence-electron chi connectivity index (χ1n) is 12.2. The van der Waals surface area contributed by atoms with Gasteiger partial charge in [-0.25, -0.2) is 4.39 Å². The number of aryl methyl sites for hydroxylation is 1. The van der Waals surface area contributed by atoms with Crippen LogP contribution in [-0.4, -0.2) is 36.7 Å². The molecule has 0 spiro atoms. The maximum atomic E-state index is 13.3. The van der Waals surface area contributed by atoms with Gasteiger partial charge in [0.05, 0.1) is 5.69 Å². The third kappa shape index (κ3) is 5.10. The van der Waals surface area contributed by atoms with E-state index in [9.17, 15) is 4.39 Å². The van der Waals surface area contributed by atoms with Crippen molar-refractivity contribution in [1.29, 1.82) is 0 Å². The fourth-order valence-electron chi connectivity index (χ4n) is 4.39. The highest BCUT2D eigenvalue weighted by Gasteiger charge is 2.17. The zero-order valence-electron chi connectivity index (χ0n) is 21.0. The number of nitrogens with zero attached hydrogens (tertiary/aromatic N) is 5. The number of hydrogen-bond acceptors (Lipinski definition) is 6. The fraction of sp³-hybridized carbons (Fsp3) is 0.0667. The number of rotatable bonds is 4. The maximum absolute atomic E-state index is 13.3. The van der Waals surface area contributed by atoms with Crippen LogP contribution in [0.15, 0.2) is 104 Å². The van der Waals surface area contributed by atoms with E-state index in [0.717, 1.165) is 56.3 Å². The first-order valence-corrected chi connectivity index (χ1v) is 12.2. The Kier molecular flexibility index (Phi) is 6.53. The van der Waals surface area contributed by atoms with E-state index in [2.05, 4.69) is 25.3 Å². The van der Waals surface area contributed by atoms with Gasteiger partial charge in [0.15, 0.2) is 11.5 Å². The van der Waals surface area contributed by atoms with Gasteiger partial charge in [-0.05, 0) is 65.7 Å². The summed E-state index contributed by atoms with van der Waals surface area (Å²) in [6.07, 6.45) is 10.8. The van der Waals surface area contributed by atoms with Crippen LogP contribution in [-0.2, 0) is 7.05 Å². The summed E-state index contributed by atoms with van der Waals surface area (Å²) >= 11 is 0. The molecule has 192 valence electrons. The minimum Gasteiger partial charge on any atom is -0.454 e. The number of aromatic nitrogens is 6. The van der Waals surface area contributed by atoms with Gasteiger partial charge in [0, 0.05) is 66.5 Å². The Bertz CT molecular complexity index is 1720. The van der Waals surface area contributed by atoms with Crippen LogP contribution in [0, 0.1) is 5.82 Å². The molecule has 0 fully saturated rings. The quantitative estimate of drug-likeness (QED) is 0.301. The van der Waals surface area contributed by atoms with Gasteiger partial charge in [-0.1, -0.05) is 12.1 Å². The maximum Gasteiger partial charge on any atom is 0.231 e. The van der Waals surface area contributed by atoms with Gasteiger partial charge in [0.25, 0.3) is 0 Å². The summed E-state index contributed by atoms with van der Waals surface area (Å²) in [7, 11) is 1.85. The molecular weight excluding hydrogens is 495 g/mol. The number of fused-ring (bicyclic) bond motifs is 1. The van der Waals surface area contributed by atoms with Gasteiger partial charge in [-0.3, -0.25) is 19.7 Å². The van der Waals surface area contributed by atoms with Crippen LogP contribution in [0.2, 0.25) is 0 Å². The Balaban J connectivity index is 0.000000142. The van der Waals surface area contributed by atoms with Crippen molar-refractivity contribution >= 4 is 0 Å². The zero-order valence-corrected chi connectivity index (χ0v) is 21.0. The Morgan fingerprint density at radius 2 is 1.44 bits per heavy atom. The predicted molar refractivity (Wildman–Crippen MR) is 145 cm³/mol. The van der Waals surface area contributed by atoms with Crippen molar-refractivity contribution in [2.45, 2.75) is 0 Å². The van der Waals surface area contributed by atoms with E-state index in [1.807, 2.05) is 68.0 Å². The molecular formula is C30H23FN6O2. The van der Waals surface area contributed by atoms with Gasteiger partial charge in [0.2, 0.25) is 6.79 Å². The predicted octanol–water partition coefficient (Wildman–Crippen LogP) is 6.16. The van der Waals surface area contributed by atoms with Crippen molar-refractivity contribution in [2.75, 3.05) is 6.79 Å². The SMILES string of the molecule is Cn1cc(-c2ccncc2)c(-c2cccc(F)c2)n1.c1cc(-c2c[nH]nc2-c2ccc3c(c2)OCO3)ccn1. The number of hydrogen-bond donors (Lipinski definition) is 1. The van der Waals surface area contributed by atoms with Gasteiger partial charge >= 0.3 is 0 Å². The minimum absolute atomic E-state index is 0.260. The number of nitrogens with one attached hydrogen (secondary N) is 1. The fourth-order valence-corrected chi connectivity index (χ4v) is 4.39. The van der Waals surface area contributed by atoms with Gasteiger partial charge in [-0.2, -0.15) is 10.2 Å². The molecule has 1 aliphatic heterocycles. The summed E-state index contributed by atoms with van der Waals surface area (Å²) in [6, 6.07) is 20.1. The second-order valence-electron chi connectivity index (χ2n) is 8.76. The number of ether oxygens (including phenoxy) is 2. The van der Waals surface area contributed by atoms with Crippen LogP contribution in [0.5, 0.6) is 11.5 Å². The zero-order chi connectivity index (χ0) is 26.6. The van der Waals surface area contributed by atoms with Crippen LogP contribution in [0.1, 0.15) is 0 Å². The highest BCUT2D eigenvalue weighted by Crippen LogP contribution is 2.38. The van der Waals surface area contributed by atoms with Gasteiger partial charge < -0.3 is 9.47 Å². The van der Waals surface area contributed by atoms with Crippen molar-refractivity contribution in [3.63, 3.8) is 0 Å². The second-order valence-corrected chi connectivity index (χ2v) is 8.76. The lowest BCUT2D eigenvalue weighted by Gasteiger charge is -2.04. The van der Waals surface area contributed by atoms with E-state index < -0.39 is 0 Å². The second kappa shape index (κ2) is 10.6. The normalized spacial score (nSPS) is 11.6. The van der Waals surface area contributed by atoms with Crippen molar-refractivity contribution in [2.24, 2.45) is 7.05 Å². The van der Waals surface area contributed by atoms with Crippen molar-refractivity contribution < 1.29 is 13.9 Å². The topological polar surface area (TPSA) is 90.7 Å². The highest BCUT2D eigenvalue weighted by molar-refractivity contribution is 5.81. The number of pyridine rings is 2. The molecule has 4 aromatic heterocycles. The summed E-state index contributed by atoms with van der Waals surface area (Å²) < 4.78 is 25.8. The first-order chi connectivity index (χ1) is 19.2. The number of halogens is 1. The average molecular weight is 519 g/mol. The van der Waals surface area contributed by atoms with Crippen LogP contribution in [0.3, 0.4) is 0 Å². The van der Waals surface area contributed by atoms with Crippen LogP contribution in [0.4, 0.5) is 4.39 Å². The number of aromatic amines is 1. The third-order valence-corrected chi connectivity index (χ3v) is 6.20. The van der Waals surface area contributed by atoms with Gasteiger partial charge in [0.1, 0.15) is 11.5 Å². The third-order valence-electron chi connectivity index (χ3n) is 6.20. The molecule has 39 heavy (non-hydrogen) atoms. The number of benzene rings is 2. The number of H-pyrrole nitrogens is 1. The molecule has 8 nitrogen and oxygen atoms in total. The van der Waals surface area contributed by atoms with Crippen LogP contribution in [0.25, 0.3) is 44.8 Å². The first kappa shape index (κ1) is 24.1. The monoisotopic (exact) mass is 518 g/mol. The lowest BCUT2D eigenvalue weighted by molar-refractivity contribution is 0.174. The molecule has 0 aliphatic carbocycles. The molecule has 1 N–H and O–H groups in total. The molecule has 0 bridgehead atoms. The van der Waals surface area contributed by atoms with E-state index in [0.29, 0.717) is 0 Å². The molecule has 5 heterocycles. The summed E-state index contributed by atoms with van der Waals surface area (Å²) in [5, 5.41) is 11.7. The van der Waals surface area contributed by atoms with E-state index in [4.69, 9.17) is 9.47 Å². The lowest BCUT2D eigenvalue weighted by Crippen LogP contribution is -1.92. The van der Waals surface area contributed by atoms with Crippen LogP contribution < -0.4 is 9.47 Å². The molecule has 1 aliphatic rings. The van der Waals surface area contributed by atoms with E-state index >= 15 is 0 Å². The standard InChI is InChI=1S/C15H12FN3.C15H11N3O2/c1-19-10-14(11-5-7-17-8-6-11)15(18-19)12-3-2-4-13(16)9-12;1-2-13-14(20-9-19-13)7-11(1)15-12(8-17-18-15)10-3-5-16-6-4-10/h2-10H,1H3;1-8H,9H2,(H,17,18). The lowest BCUT2D eigenvalue weighted by atomic mass is 10.0. The van der Waals surface area contributed by atoms with E-state index in [1.165, 1.54) is 12.1 Å². The molecule has 9 heteroatoms. The molecule has 0 amide bonds. The molecule has 0 atom stereocenters. The molecule has 0 unspecified atom stereocenters. The Hall–Kier alpha value is -5.31. The van der Waals surface area contributed by atoms with Crippen molar-refractivity contribution in [3.05, 3.63) is 110 Å². The molecule has 2 aromatic carbocycles. The highest BCUT2D eigenvalue weighted by atomic mass is 19.1.